The van der Waals surface area contributed by atoms with Crippen molar-refractivity contribution in [1.29, 1.82) is 0 Å². The van der Waals surface area contributed by atoms with Crippen molar-refractivity contribution in [3.05, 3.63) is 51.2 Å². The van der Waals surface area contributed by atoms with Gasteiger partial charge in [-0.15, -0.1) is 5.10 Å². The molecular weight excluding hydrogens is 290 g/mol. The number of nitro groups is 1. The Morgan fingerprint density at radius 1 is 1.40 bits per heavy atom. The summed E-state index contributed by atoms with van der Waals surface area (Å²) in [7, 11) is 0. The Labute approximate surface area is 116 Å². The van der Waals surface area contributed by atoms with Gasteiger partial charge in [0.15, 0.2) is 5.75 Å². The zero-order valence-corrected chi connectivity index (χ0v) is 10.4. The van der Waals surface area contributed by atoms with Crippen LogP contribution in [0.3, 0.4) is 0 Å². The lowest BCUT2D eigenvalue weighted by atomic mass is 10.3. The van der Waals surface area contributed by atoms with Crippen LogP contribution in [0.25, 0.3) is 0 Å². The Bertz CT molecular complexity index is 692. The predicted molar refractivity (Wildman–Crippen MR) is 67.2 cm³/mol. The number of halogens is 1. The Morgan fingerprint density at radius 2 is 2.15 bits per heavy atom. The summed E-state index contributed by atoms with van der Waals surface area (Å²) >= 11 is 5.84. The second kappa shape index (κ2) is 5.49. The molecule has 0 spiro atoms. The second-order valence-electron chi connectivity index (χ2n) is 3.53. The third kappa shape index (κ3) is 2.81. The van der Waals surface area contributed by atoms with Gasteiger partial charge < -0.3 is 9.84 Å². The van der Waals surface area contributed by atoms with E-state index in [1.807, 2.05) is 0 Å². The van der Waals surface area contributed by atoms with Crippen LogP contribution in [0.5, 0.6) is 11.6 Å². The molecule has 0 radical (unpaired) electrons. The molecule has 0 aliphatic rings. The van der Waals surface area contributed by atoms with E-state index < -0.39 is 10.9 Å². The minimum absolute atomic E-state index is 0.0798. The Balaban J connectivity index is 2.42. The molecule has 0 unspecified atom stereocenters. The molecule has 0 fully saturated rings. The second-order valence-corrected chi connectivity index (χ2v) is 3.94. The summed E-state index contributed by atoms with van der Waals surface area (Å²) in [6.07, 6.45) is 1.19. The highest BCUT2D eigenvalue weighted by Gasteiger charge is 2.17. The number of carboxylic acids is 1. The topological polar surface area (TPSA) is 115 Å². The highest BCUT2D eigenvalue weighted by molar-refractivity contribution is 6.32. The number of rotatable bonds is 4. The van der Waals surface area contributed by atoms with E-state index in [0.29, 0.717) is 0 Å². The maximum absolute atomic E-state index is 11.0. The van der Waals surface area contributed by atoms with E-state index >= 15 is 0 Å². The van der Waals surface area contributed by atoms with Gasteiger partial charge in [-0.05, 0) is 12.1 Å². The fourth-order valence-corrected chi connectivity index (χ4v) is 1.50. The number of carbonyl (C=O) groups is 1. The zero-order valence-electron chi connectivity index (χ0n) is 9.69. The number of ether oxygens (including phenoxy) is 1. The monoisotopic (exact) mass is 295 g/mol. The molecule has 1 N–H and O–H groups in total. The van der Waals surface area contributed by atoms with Gasteiger partial charge in [0, 0.05) is 6.07 Å². The van der Waals surface area contributed by atoms with Crippen LogP contribution in [0.2, 0.25) is 5.02 Å². The van der Waals surface area contributed by atoms with Crippen molar-refractivity contribution >= 4 is 23.3 Å². The maximum Gasteiger partial charge on any atom is 0.341 e. The minimum Gasteiger partial charge on any atom is -0.477 e. The molecule has 0 bridgehead atoms. The fourth-order valence-electron chi connectivity index (χ4n) is 1.34. The van der Waals surface area contributed by atoms with Gasteiger partial charge >= 0.3 is 5.97 Å². The molecular formula is C11H6ClN3O5. The van der Waals surface area contributed by atoms with E-state index in [4.69, 9.17) is 21.4 Å². The van der Waals surface area contributed by atoms with Crippen molar-refractivity contribution in [2.45, 2.75) is 0 Å². The largest absolute Gasteiger partial charge is 0.477 e. The van der Waals surface area contributed by atoms with Gasteiger partial charge in [0.05, 0.1) is 22.2 Å². The molecule has 102 valence electrons. The predicted octanol–water partition coefficient (Wildman–Crippen LogP) is 2.53. The van der Waals surface area contributed by atoms with Crippen LogP contribution in [0.1, 0.15) is 10.4 Å². The number of aromatic nitrogens is 2. The summed E-state index contributed by atoms with van der Waals surface area (Å²) in [5.74, 6) is -1.65. The van der Waals surface area contributed by atoms with Crippen molar-refractivity contribution in [2.24, 2.45) is 0 Å². The molecule has 0 atom stereocenters. The van der Waals surface area contributed by atoms with Crippen LogP contribution in [-0.4, -0.2) is 26.2 Å². The van der Waals surface area contributed by atoms with Gasteiger partial charge in [0.1, 0.15) is 5.56 Å². The third-order valence-corrected chi connectivity index (χ3v) is 2.56. The summed E-state index contributed by atoms with van der Waals surface area (Å²) in [4.78, 5) is 21.0. The number of hydrogen-bond acceptors (Lipinski definition) is 6. The van der Waals surface area contributed by atoms with E-state index in [0.717, 1.165) is 6.07 Å². The molecule has 2 aromatic rings. The Morgan fingerprint density at radius 3 is 2.80 bits per heavy atom. The summed E-state index contributed by atoms with van der Waals surface area (Å²) in [5.41, 5.74) is -0.479. The molecule has 8 nitrogen and oxygen atoms in total. The molecule has 0 saturated heterocycles. The fraction of sp³-hybridized carbons (Fsp3) is 0. The number of carboxylic acid groups (broad SMARTS) is 1. The van der Waals surface area contributed by atoms with Crippen LogP contribution >= 0.6 is 11.6 Å². The average molecular weight is 296 g/mol. The lowest BCUT2D eigenvalue weighted by molar-refractivity contribution is -0.384. The van der Waals surface area contributed by atoms with E-state index in [1.54, 1.807) is 0 Å². The van der Waals surface area contributed by atoms with Gasteiger partial charge in [-0.1, -0.05) is 11.6 Å². The summed E-state index contributed by atoms with van der Waals surface area (Å²) in [6, 6.07) is 4.73. The lowest BCUT2D eigenvalue weighted by Gasteiger charge is -2.07. The van der Waals surface area contributed by atoms with Gasteiger partial charge in [-0.3, -0.25) is 10.1 Å². The van der Waals surface area contributed by atoms with E-state index in [2.05, 4.69) is 10.2 Å². The average Bonchev–Trinajstić information content (AvgIpc) is 2.41. The standard InChI is InChI=1S/C11H6ClN3O5/c12-8-2-1-6(15(18)19)5-9(8)20-10-7(11(16)17)3-4-13-14-10/h1-5H,(H,16,17). The maximum atomic E-state index is 11.0. The number of nitro benzene ring substituents is 1. The van der Waals surface area contributed by atoms with Crippen LogP contribution < -0.4 is 4.74 Å². The first-order valence-electron chi connectivity index (χ1n) is 5.16. The van der Waals surface area contributed by atoms with Crippen molar-refractivity contribution in [2.75, 3.05) is 0 Å². The molecule has 20 heavy (non-hydrogen) atoms. The molecule has 2 rings (SSSR count). The lowest BCUT2D eigenvalue weighted by Crippen LogP contribution is -2.03. The molecule has 1 heterocycles. The molecule has 1 aromatic carbocycles. The van der Waals surface area contributed by atoms with Gasteiger partial charge in [0.25, 0.3) is 11.6 Å². The van der Waals surface area contributed by atoms with Gasteiger partial charge in [0.2, 0.25) is 0 Å². The summed E-state index contributed by atoms with van der Waals surface area (Å²) in [6.45, 7) is 0. The molecule has 1 aromatic heterocycles. The quantitative estimate of drug-likeness (QED) is 0.680. The third-order valence-electron chi connectivity index (χ3n) is 2.25. The summed E-state index contributed by atoms with van der Waals surface area (Å²) < 4.78 is 5.20. The van der Waals surface area contributed by atoms with Crippen molar-refractivity contribution < 1.29 is 19.6 Å². The summed E-state index contributed by atoms with van der Waals surface area (Å²) in [5, 5.41) is 26.7. The minimum atomic E-state index is -1.27. The Kier molecular flexibility index (Phi) is 3.76. The highest BCUT2D eigenvalue weighted by atomic mass is 35.5. The molecule has 9 heteroatoms. The number of aromatic carboxylic acids is 1. The van der Waals surface area contributed by atoms with Crippen LogP contribution in [0, 0.1) is 10.1 Å². The first kappa shape index (κ1) is 13.7. The highest BCUT2D eigenvalue weighted by Crippen LogP contribution is 2.32. The van der Waals surface area contributed by atoms with Crippen LogP contribution in [0.4, 0.5) is 5.69 Å². The van der Waals surface area contributed by atoms with E-state index in [1.165, 1.54) is 24.4 Å². The SMILES string of the molecule is O=C(O)c1ccnnc1Oc1cc([N+](=O)[O-])ccc1Cl. The van der Waals surface area contributed by atoms with Crippen molar-refractivity contribution in [3.63, 3.8) is 0 Å². The molecule has 0 aliphatic heterocycles. The first-order valence-corrected chi connectivity index (χ1v) is 5.53. The van der Waals surface area contributed by atoms with Gasteiger partial charge in [-0.25, -0.2) is 4.79 Å². The van der Waals surface area contributed by atoms with Gasteiger partial charge in [-0.2, -0.15) is 5.10 Å². The number of non-ortho nitro benzene ring substituents is 1. The van der Waals surface area contributed by atoms with Crippen molar-refractivity contribution in [1.82, 2.24) is 10.2 Å². The Hall–Kier alpha value is -2.74. The number of nitrogens with zero attached hydrogens (tertiary/aromatic N) is 3. The van der Waals surface area contributed by atoms with E-state index in [9.17, 15) is 14.9 Å². The smallest absolute Gasteiger partial charge is 0.341 e. The van der Waals surface area contributed by atoms with Crippen molar-refractivity contribution in [3.8, 4) is 11.6 Å². The van der Waals surface area contributed by atoms with Crippen LogP contribution in [-0.2, 0) is 0 Å². The molecule has 0 amide bonds. The zero-order chi connectivity index (χ0) is 14.7. The first-order chi connectivity index (χ1) is 9.49. The van der Waals surface area contributed by atoms with Crippen LogP contribution in [0.15, 0.2) is 30.5 Å². The molecule has 0 aliphatic carbocycles. The number of hydrogen-bond donors (Lipinski definition) is 1. The normalized spacial score (nSPS) is 10.1. The number of benzene rings is 1. The molecule has 0 saturated carbocycles. The van der Waals surface area contributed by atoms with E-state index in [-0.39, 0.29) is 27.9 Å².